The van der Waals surface area contributed by atoms with Crippen molar-refractivity contribution in [2.24, 2.45) is 5.92 Å². The molecule has 1 aliphatic carbocycles. The van der Waals surface area contributed by atoms with Gasteiger partial charge in [0.25, 0.3) is 0 Å². The van der Waals surface area contributed by atoms with Crippen LogP contribution in [0.2, 0.25) is 0 Å². The van der Waals surface area contributed by atoms with Gasteiger partial charge in [0, 0.05) is 37.8 Å². The molecule has 0 atom stereocenters. The third-order valence-corrected chi connectivity index (χ3v) is 4.89. The van der Waals surface area contributed by atoms with E-state index in [1.54, 1.807) is 0 Å². The molecule has 1 aliphatic heterocycles. The number of rotatable bonds is 5. The average Bonchev–Trinajstić information content (AvgIpc) is 2.61. The first-order chi connectivity index (χ1) is 11.3. The summed E-state index contributed by atoms with van der Waals surface area (Å²) in [5.41, 5.74) is 1.29. The van der Waals surface area contributed by atoms with Crippen LogP contribution in [0.25, 0.3) is 0 Å². The first-order valence-electron chi connectivity index (χ1n) is 9.29. The van der Waals surface area contributed by atoms with Gasteiger partial charge in [-0.2, -0.15) is 0 Å². The van der Waals surface area contributed by atoms with E-state index in [4.69, 9.17) is 0 Å². The largest absolute Gasteiger partial charge is 0.368 e. The van der Waals surface area contributed by atoms with E-state index in [0.717, 1.165) is 45.4 Å². The summed E-state index contributed by atoms with van der Waals surface area (Å²) < 4.78 is 0. The van der Waals surface area contributed by atoms with Crippen LogP contribution < -0.4 is 0 Å². The van der Waals surface area contributed by atoms with Crippen LogP contribution in [0.1, 0.15) is 52.4 Å². The predicted molar refractivity (Wildman–Crippen MR) is 97.1 cm³/mol. The van der Waals surface area contributed by atoms with Crippen LogP contribution in [0.4, 0.5) is 0 Å². The van der Waals surface area contributed by atoms with Gasteiger partial charge in [-0.05, 0) is 32.3 Å². The van der Waals surface area contributed by atoms with Crippen LogP contribution in [0.15, 0.2) is 36.1 Å². The van der Waals surface area contributed by atoms with E-state index in [-0.39, 0.29) is 0 Å². The molecule has 3 heteroatoms. The third-order valence-electron chi connectivity index (χ3n) is 4.89. The highest BCUT2D eigenvalue weighted by Crippen LogP contribution is 2.26. The molecular weight excluding hydrogens is 284 g/mol. The standard InChI is InChI=1S/C20H32N2O/c1-3-5-7-13-19(10-4-2)21-14-16-22(17-15-21)20(23)18-11-8-6-9-12-18/h3,5,7,10,13,18H,4,6,8-9,11-12,14-17H2,1-2H3/b5-3-,13-7-,19-10-. The lowest BCUT2D eigenvalue weighted by Crippen LogP contribution is -2.50. The highest BCUT2D eigenvalue weighted by atomic mass is 16.2. The van der Waals surface area contributed by atoms with Gasteiger partial charge in [-0.1, -0.05) is 50.5 Å². The van der Waals surface area contributed by atoms with Crippen molar-refractivity contribution in [3.05, 3.63) is 36.1 Å². The summed E-state index contributed by atoms with van der Waals surface area (Å²) in [6, 6.07) is 0. The minimum atomic E-state index is 0.301. The monoisotopic (exact) mass is 316 g/mol. The van der Waals surface area contributed by atoms with Gasteiger partial charge in [0.1, 0.15) is 0 Å². The summed E-state index contributed by atoms with van der Waals surface area (Å²) in [4.78, 5) is 17.1. The fraction of sp³-hybridized carbons (Fsp3) is 0.650. The van der Waals surface area contributed by atoms with E-state index in [1.807, 2.05) is 13.0 Å². The summed E-state index contributed by atoms with van der Waals surface area (Å²) in [5.74, 6) is 0.713. The van der Waals surface area contributed by atoms with Gasteiger partial charge in [-0.3, -0.25) is 4.79 Å². The van der Waals surface area contributed by atoms with E-state index >= 15 is 0 Å². The topological polar surface area (TPSA) is 23.6 Å². The van der Waals surface area contributed by atoms with Crippen LogP contribution in [-0.2, 0) is 4.79 Å². The maximum Gasteiger partial charge on any atom is 0.225 e. The van der Waals surface area contributed by atoms with Crippen molar-refractivity contribution in [2.45, 2.75) is 52.4 Å². The zero-order valence-corrected chi connectivity index (χ0v) is 14.8. The predicted octanol–water partition coefficient (Wildman–Crippen LogP) is 4.14. The first kappa shape index (κ1) is 17.8. The highest BCUT2D eigenvalue weighted by Gasteiger charge is 2.28. The van der Waals surface area contributed by atoms with E-state index in [0.29, 0.717) is 11.8 Å². The number of amides is 1. The van der Waals surface area contributed by atoms with Crippen molar-refractivity contribution in [1.29, 1.82) is 0 Å². The summed E-state index contributed by atoms with van der Waals surface area (Å²) in [5, 5.41) is 0. The van der Waals surface area contributed by atoms with Crippen molar-refractivity contribution >= 4 is 5.91 Å². The van der Waals surface area contributed by atoms with Crippen LogP contribution in [-0.4, -0.2) is 41.9 Å². The molecule has 2 rings (SSSR count). The van der Waals surface area contributed by atoms with Crippen molar-refractivity contribution in [1.82, 2.24) is 9.80 Å². The molecule has 128 valence electrons. The van der Waals surface area contributed by atoms with Crippen molar-refractivity contribution in [3.8, 4) is 0 Å². The Morgan fingerprint density at radius 3 is 2.26 bits per heavy atom. The fourth-order valence-corrected chi connectivity index (χ4v) is 3.57. The lowest BCUT2D eigenvalue weighted by atomic mass is 9.88. The van der Waals surface area contributed by atoms with Crippen molar-refractivity contribution in [3.63, 3.8) is 0 Å². The Morgan fingerprint density at radius 1 is 1.00 bits per heavy atom. The Bertz CT molecular complexity index is 450. The molecule has 0 bridgehead atoms. The second-order valence-electron chi connectivity index (χ2n) is 6.57. The molecule has 0 aromatic rings. The molecule has 1 saturated carbocycles. The molecule has 2 fully saturated rings. The molecule has 3 nitrogen and oxygen atoms in total. The maximum absolute atomic E-state index is 12.6. The van der Waals surface area contributed by atoms with E-state index in [2.05, 4.69) is 41.0 Å². The van der Waals surface area contributed by atoms with Crippen LogP contribution >= 0.6 is 0 Å². The third kappa shape index (κ3) is 5.26. The number of hydrogen-bond donors (Lipinski definition) is 0. The molecule has 0 aromatic heterocycles. The van der Waals surface area contributed by atoms with E-state index in [9.17, 15) is 4.79 Å². The lowest BCUT2D eigenvalue weighted by Gasteiger charge is -2.38. The molecule has 1 heterocycles. The molecule has 23 heavy (non-hydrogen) atoms. The van der Waals surface area contributed by atoms with E-state index in [1.165, 1.54) is 25.0 Å². The van der Waals surface area contributed by atoms with Gasteiger partial charge >= 0.3 is 0 Å². The zero-order chi connectivity index (χ0) is 16.5. The quantitative estimate of drug-likeness (QED) is 0.712. The Hall–Kier alpha value is -1.51. The minimum Gasteiger partial charge on any atom is -0.368 e. The molecule has 0 spiro atoms. The Balaban J connectivity index is 1.88. The smallest absolute Gasteiger partial charge is 0.225 e. The van der Waals surface area contributed by atoms with Crippen LogP contribution in [0.5, 0.6) is 0 Å². The van der Waals surface area contributed by atoms with Crippen molar-refractivity contribution in [2.75, 3.05) is 26.2 Å². The molecule has 0 unspecified atom stereocenters. The Kier molecular flexibility index (Phi) is 7.44. The Labute approximate surface area is 141 Å². The number of piperazine rings is 1. The van der Waals surface area contributed by atoms with Gasteiger partial charge in [0.05, 0.1) is 0 Å². The number of allylic oxidation sites excluding steroid dienone is 5. The average molecular weight is 316 g/mol. The molecule has 1 saturated heterocycles. The maximum atomic E-state index is 12.6. The normalized spacial score (nSPS) is 21.6. The minimum absolute atomic E-state index is 0.301. The summed E-state index contributed by atoms with van der Waals surface area (Å²) in [6.07, 6.45) is 17.7. The lowest BCUT2D eigenvalue weighted by molar-refractivity contribution is -0.138. The van der Waals surface area contributed by atoms with Crippen LogP contribution in [0.3, 0.4) is 0 Å². The first-order valence-corrected chi connectivity index (χ1v) is 9.29. The molecule has 1 amide bonds. The summed E-state index contributed by atoms with van der Waals surface area (Å²) in [7, 11) is 0. The number of carbonyl (C=O) groups is 1. The second kappa shape index (κ2) is 9.59. The van der Waals surface area contributed by atoms with Gasteiger partial charge in [-0.25, -0.2) is 0 Å². The van der Waals surface area contributed by atoms with Gasteiger partial charge in [0.15, 0.2) is 0 Å². The number of carbonyl (C=O) groups excluding carboxylic acids is 1. The summed E-state index contributed by atoms with van der Waals surface area (Å²) >= 11 is 0. The molecular formula is C20H32N2O. The van der Waals surface area contributed by atoms with Gasteiger partial charge < -0.3 is 9.80 Å². The molecule has 0 radical (unpaired) electrons. The number of nitrogens with zero attached hydrogens (tertiary/aromatic N) is 2. The molecule has 0 aromatic carbocycles. The highest BCUT2D eigenvalue weighted by molar-refractivity contribution is 5.79. The SMILES string of the molecule is C\C=C/C=C\C(=C\CC)N1CCN(C(=O)C2CCCCC2)CC1. The molecule has 0 N–H and O–H groups in total. The Morgan fingerprint density at radius 2 is 1.65 bits per heavy atom. The second-order valence-corrected chi connectivity index (χ2v) is 6.57. The van der Waals surface area contributed by atoms with Crippen LogP contribution in [0, 0.1) is 5.92 Å². The van der Waals surface area contributed by atoms with E-state index < -0.39 is 0 Å². The zero-order valence-electron chi connectivity index (χ0n) is 14.8. The number of hydrogen-bond acceptors (Lipinski definition) is 2. The summed E-state index contributed by atoms with van der Waals surface area (Å²) in [6.45, 7) is 7.84. The van der Waals surface area contributed by atoms with Crippen molar-refractivity contribution < 1.29 is 4.79 Å². The van der Waals surface area contributed by atoms with Gasteiger partial charge in [0.2, 0.25) is 5.91 Å². The molecule has 2 aliphatic rings. The van der Waals surface area contributed by atoms with Gasteiger partial charge in [-0.15, -0.1) is 0 Å². The fourth-order valence-electron chi connectivity index (χ4n) is 3.57.